The summed E-state index contributed by atoms with van der Waals surface area (Å²) in [6.45, 7) is 0. The third-order valence-electron chi connectivity index (χ3n) is 0.142. The van der Waals surface area contributed by atoms with E-state index in [1.54, 1.807) is 0 Å². The molecular weight excluding hydrogens is 204 g/mol. The highest BCUT2D eigenvalue weighted by atomic mass is 35.6. The van der Waals surface area contributed by atoms with Crippen molar-refractivity contribution in [1.82, 2.24) is 5.43 Å². The number of hydrogen-bond acceptors (Lipinski definition) is 2. The minimum Gasteiger partial charge on any atom is -0.375 e. The van der Waals surface area contributed by atoms with Crippen LogP contribution in [0.2, 0.25) is 0 Å². The molecule has 0 atom stereocenters. The van der Waals surface area contributed by atoms with Gasteiger partial charge in [0.2, 0.25) is 0 Å². The Bertz CT molecular complexity index is 74.7. The molecule has 3 nitrogen and oxygen atoms in total. The fourth-order valence-corrected chi connectivity index (χ4v) is 0. The van der Waals surface area contributed by atoms with Crippen LogP contribution in [0.1, 0.15) is 0 Å². The van der Waals surface area contributed by atoms with Crippen molar-refractivity contribution in [3.63, 3.8) is 0 Å². The maximum Gasteiger partial charge on any atom is 0.180 e. The zero-order chi connectivity index (χ0) is 7.86. The van der Waals surface area contributed by atoms with Gasteiger partial charge in [0, 0.05) is 0 Å². The molecule has 0 aliphatic carbocycles. The van der Waals surface area contributed by atoms with Gasteiger partial charge in [0.15, 0.2) is 9.41 Å². The fourth-order valence-electron chi connectivity index (χ4n) is 0. The van der Waals surface area contributed by atoms with Gasteiger partial charge in [-0.1, -0.05) is 34.8 Å². The lowest BCUT2D eigenvalue weighted by molar-refractivity contribution is 1.03. The van der Waals surface area contributed by atoms with Crippen molar-refractivity contribution >= 4 is 52.1 Å². The van der Waals surface area contributed by atoms with Crippen molar-refractivity contribution in [1.29, 1.82) is 0 Å². The van der Waals surface area contributed by atoms with Crippen LogP contribution >= 0.6 is 47.0 Å². The third kappa shape index (κ3) is 57.0. The van der Waals surface area contributed by atoms with E-state index in [2.05, 4.69) is 18.1 Å². The molecule has 0 aliphatic rings. The van der Waals surface area contributed by atoms with Gasteiger partial charge in [-0.2, -0.15) is 0 Å². The van der Waals surface area contributed by atoms with E-state index in [0.29, 0.717) is 0 Å². The molecule has 7 heteroatoms. The molecule has 0 saturated carbocycles. The van der Waals surface area contributed by atoms with Crippen LogP contribution < -0.4 is 17.0 Å². The van der Waals surface area contributed by atoms with Crippen molar-refractivity contribution in [3.05, 3.63) is 0 Å². The quantitative estimate of drug-likeness (QED) is 0.238. The highest BCUT2D eigenvalue weighted by Gasteiger charge is 1.78. The number of alkyl halides is 3. The average Bonchev–Trinajstić information content (AvgIpc) is 1.65. The minimum absolute atomic E-state index is 0.116. The third-order valence-corrected chi connectivity index (χ3v) is 0.260. The van der Waals surface area contributed by atoms with E-state index in [0.717, 1.165) is 0 Å². The van der Waals surface area contributed by atoms with E-state index < -0.39 is 4.30 Å². The van der Waals surface area contributed by atoms with Crippen molar-refractivity contribution < 1.29 is 0 Å². The average molecular weight is 211 g/mol. The van der Waals surface area contributed by atoms with Crippen LogP contribution in [-0.2, 0) is 0 Å². The van der Waals surface area contributed by atoms with E-state index in [1.807, 2.05) is 5.43 Å². The molecular formula is C2H6Cl3N3S. The molecule has 0 amide bonds. The summed E-state index contributed by atoms with van der Waals surface area (Å²) in [6, 6.07) is 0. The Balaban J connectivity index is 0. The molecule has 0 bridgehead atoms. The summed E-state index contributed by atoms with van der Waals surface area (Å²) in [7, 11) is 0. The molecule has 0 aromatic rings. The van der Waals surface area contributed by atoms with Gasteiger partial charge in [0.05, 0.1) is 0 Å². The largest absolute Gasteiger partial charge is 0.375 e. The van der Waals surface area contributed by atoms with Gasteiger partial charge in [-0.25, -0.2) is 5.84 Å². The predicted octanol–water partition coefficient (Wildman–Crippen LogP) is 0.680. The summed E-state index contributed by atoms with van der Waals surface area (Å²) < 4.78 is -0.750. The maximum absolute atomic E-state index is 4.81. The Morgan fingerprint density at radius 3 is 1.56 bits per heavy atom. The van der Waals surface area contributed by atoms with Gasteiger partial charge in [0.25, 0.3) is 0 Å². The van der Waals surface area contributed by atoms with Gasteiger partial charge in [-0.05, 0) is 12.2 Å². The number of nitrogens with two attached hydrogens (primary N) is 2. The second-order valence-corrected chi connectivity index (χ2v) is 3.18. The molecule has 0 heterocycles. The second-order valence-electron chi connectivity index (χ2n) is 0.756. The Morgan fingerprint density at radius 2 is 1.56 bits per heavy atom. The standard InChI is InChI=1S/CHCl3.CH5N3S/c2-1(3)4;2-1(5)4-3/h1H;3H2,(H3,2,4,5). The molecule has 0 aromatic heterocycles. The molecule has 5 N–H and O–H groups in total. The monoisotopic (exact) mass is 209 g/mol. The molecule has 0 aliphatic heterocycles. The van der Waals surface area contributed by atoms with Crippen LogP contribution in [0.4, 0.5) is 0 Å². The normalized spacial score (nSPS) is 7.67. The lowest BCUT2D eigenvalue weighted by Gasteiger charge is -1.85. The smallest absolute Gasteiger partial charge is 0.180 e. The van der Waals surface area contributed by atoms with Crippen LogP contribution in [0.3, 0.4) is 0 Å². The second kappa shape index (κ2) is 8.52. The number of hydrogen-bond donors (Lipinski definition) is 3. The molecule has 56 valence electrons. The van der Waals surface area contributed by atoms with Gasteiger partial charge in [-0.15, -0.1) is 0 Å². The first-order valence-corrected chi connectivity index (χ1v) is 3.40. The zero-order valence-electron chi connectivity index (χ0n) is 4.27. The molecule has 0 saturated heterocycles. The van der Waals surface area contributed by atoms with Crippen LogP contribution in [0.5, 0.6) is 0 Å². The number of halogens is 3. The summed E-state index contributed by atoms with van der Waals surface area (Å²) in [4.78, 5) is 0. The number of hydrazine groups is 1. The summed E-state index contributed by atoms with van der Waals surface area (Å²) >= 11 is 18.7. The van der Waals surface area contributed by atoms with E-state index in [1.165, 1.54) is 0 Å². The Hall–Kier alpha value is 0.520. The van der Waals surface area contributed by atoms with E-state index >= 15 is 0 Å². The van der Waals surface area contributed by atoms with Gasteiger partial charge >= 0.3 is 0 Å². The summed E-state index contributed by atoms with van der Waals surface area (Å²) in [5, 5.41) is 0.116. The summed E-state index contributed by atoms with van der Waals surface area (Å²) in [5.41, 5.74) is 6.82. The SMILES string of the molecule is ClC(Cl)Cl.NNC(N)=S. The molecule has 9 heavy (non-hydrogen) atoms. The Kier molecular flexibility index (Phi) is 11.6. The lowest BCUT2D eigenvalue weighted by Crippen LogP contribution is -2.34. The first-order chi connectivity index (χ1) is 4.00. The molecule has 0 rings (SSSR count). The van der Waals surface area contributed by atoms with Gasteiger partial charge in [0.1, 0.15) is 0 Å². The molecule has 0 radical (unpaired) electrons. The highest BCUT2D eigenvalue weighted by Crippen LogP contribution is 2.03. The molecule has 0 aromatic carbocycles. The Morgan fingerprint density at radius 1 is 1.44 bits per heavy atom. The van der Waals surface area contributed by atoms with Crippen LogP contribution in [-0.4, -0.2) is 9.41 Å². The molecule has 0 unspecified atom stereocenters. The summed E-state index contributed by atoms with van der Waals surface area (Å²) in [6.07, 6.45) is 0. The zero-order valence-corrected chi connectivity index (χ0v) is 7.36. The van der Waals surface area contributed by atoms with Crippen LogP contribution in [0.25, 0.3) is 0 Å². The molecule has 0 spiro atoms. The summed E-state index contributed by atoms with van der Waals surface area (Å²) in [5.74, 6) is 4.66. The number of thiocarbonyl (C=S) groups is 1. The topological polar surface area (TPSA) is 64.1 Å². The first kappa shape index (κ1) is 12.2. The van der Waals surface area contributed by atoms with E-state index in [4.69, 9.17) is 40.5 Å². The van der Waals surface area contributed by atoms with Crippen molar-refractivity contribution in [3.8, 4) is 0 Å². The highest BCUT2D eigenvalue weighted by molar-refractivity contribution is 7.80. The van der Waals surface area contributed by atoms with Crippen molar-refractivity contribution in [2.24, 2.45) is 11.6 Å². The van der Waals surface area contributed by atoms with Crippen LogP contribution in [0, 0.1) is 0 Å². The first-order valence-electron chi connectivity index (χ1n) is 1.69. The van der Waals surface area contributed by atoms with E-state index in [9.17, 15) is 0 Å². The molecule has 0 fully saturated rings. The predicted molar refractivity (Wildman–Crippen MR) is 45.5 cm³/mol. The number of rotatable bonds is 0. The van der Waals surface area contributed by atoms with E-state index in [-0.39, 0.29) is 5.11 Å². The van der Waals surface area contributed by atoms with Gasteiger partial charge < -0.3 is 11.2 Å². The lowest BCUT2D eigenvalue weighted by atomic mass is 11.2. The fraction of sp³-hybridized carbons (Fsp3) is 0.500. The van der Waals surface area contributed by atoms with Crippen molar-refractivity contribution in [2.45, 2.75) is 4.30 Å². The van der Waals surface area contributed by atoms with Crippen molar-refractivity contribution in [2.75, 3.05) is 0 Å². The van der Waals surface area contributed by atoms with Gasteiger partial charge in [-0.3, -0.25) is 0 Å². The Labute approximate surface area is 73.6 Å². The minimum atomic E-state index is -0.750. The maximum atomic E-state index is 4.81. The van der Waals surface area contributed by atoms with Crippen LogP contribution in [0.15, 0.2) is 0 Å². The number of nitrogens with one attached hydrogen (secondary N) is 1.